The maximum atomic E-state index is 12.2. The van der Waals surface area contributed by atoms with Crippen molar-refractivity contribution in [1.29, 1.82) is 0 Å². The number of nitrogens with one attached hydrogen (secondary N) is 1. The second kappa shape index (κ2) is 7.34. The van der Waals surface area contributed by atoms with Gasteiger partial charge in [-0.1, -0.05) is 19.9 Å². The Morgan fingerprint density at radius 2 is 2.08 bits per heavy atom. The number of rotatable bonds is 5. The molecule has 1 fully saturated rings. The van der Waals surface area contributed by atoms with Gasteiger partial charge in [0.2, 0.25) is 11.8 Å². The molecule has 0 spiro atoms. The van der Waals surface area contributed by atoms with Crippen LogP contribution >= 0.6 is 11.8 Å². The predicted octanol–water partition coefficient (Wildman–Crippen LogP) is 1.80. The molecule has 6 nitrogen and oxygen atoms in total. The van der Waals surface area contributed by atoms with Crippen LogP contribution in [0.4, 0.5) is 0 Å². The van der Waals surface area contributed by atoms with Crippen LogP contribution in [0.2, 0.25) is 0 Å². The molecule has 2 amide bonds. The molecule has 0 bridgehead atoms. The quantitative estimate of drug-likeness (QED) is 0.877. The summed E-state index contributed by atoms with van der Waals surface area (Å²) in [7, 11) is 0. The standard InChI is InChI=1S/C17H22N2O4S/c1-11(2)8-18-15(20)9-19-16(21)10-24-17(19)12-3-4-13-14(7-12)23-6-5-22-13/h3-4,7,11,17H,5-6,8-10H2,1-2H3,(H,18,20). The number of carbonyl (C=O) groups is 2. The Morgan fingerprint density at radius 3 is 2.83 bits per heavy atom. The predicted molar refractivity (Wildman–Crippen MR) is 92.2 cm³/mol. The van der Waals surface area contributed by atoms with Crippen molar-refractivity contribution in [2.24, 2.45) is 5.92 Å². The van der Waals surface area contributed by atoms with E-state index in [4.69, 9.17) is 9.47 Å². The van der Waals surface area contributed by atoms with E-state index >= 15 is 0 Å². The van der Waals surface area contributed by atoms with Gasteiger partial charge in [-0.05, 0) is 23.6 Å². The Balaban J connectivity index is 1.72. The molecule has 2 aliphatic heterocycles. The highest BCUT2D eigenvalue weighted by atomic mass is 32.2. The normalized spacial score (nSPS) is 19.7. The zero-order chi connectivity index (χ0) is 17.1. The van der Waals surface area contributed by atoms with E-state index in [-0.39, 0.29) is 23.7 Å². The van der Waals surface area contributed by atoms with Crippen molar-refractivity contribution in [3.8, 4) is 11.5 Å². The molecule has 1 aromatic carbocycles. The Morgan fingerprint density at radius 1 is 1.33 bits per heavy atom. The molecule has 0 aliphatic carbocycles. The first-order valence-electron chi connectivity index (χ1n) is 8.12. The summed E-state index contributed by atoms with van der Waals surface area (Å²) in [5.74, 6) is 2.05. The highest BCUT2D eigenvalue weighted by Crippen LogP contribution is 2.41. The summed E-state index contributed by atoms with van der Waals surface area (Å²) in [6.45, 7) is 5.84. The molecule has 0 aromatic heterocycles. The van der Waals surface area contributed by atoms with Crippen LogP contribution in [0.15, 0.2) is 18.2 Å². The maximum Gasteiger partial charge on any atom is 0.239 e. The van der Waals surface area contributed by atoms with E-state index < -0.39 is 0 Å². The van der Waals surface area contributed by atoms with E-state index in [1.54, 1.807) is 4.90 Å². The van der Waals surface area contributed by atoms with Crippen LogP contribution in [0.3, 0.4) is 0 Å². The SMILES string of the molecule is CC(C)CNC(=O)CN1C(=O)CSC1c1ccc2c(c1)OCCO2. The molecule has 2 heterocycles. The molecule has 7 heteroatoms. The van der Waals surface area contributed by atoms with Crippen LogP contribution in [0.25, 0.3) is 0 Å². The molecule has 0 radical (unpaired) electrons. The van der Waals surface area contributed by atoms with E-state index in [2.05, 4.69) is 5.32 Å². The van der Waals surface area contributed by atoms with Crippen molar-refractivity contribution >= 4 is 23.6 Å². The van der Waals surface area contributed by atoms with Gasteiger partial charge in [-0.25, -0.2) is 0 Å². The van der Waals surface area contributed by atoms with Gasteiger partial charge >= 0.3 is 0 Å². The Labute approximate surface area is 145 Å². The van der Waals surface area contributed by atoms with Crippen molar-refractivity contribution in [2.45, 2.75) is 19.2 Å². The number of carbonyl (C=O) groups excluding carboxylic acids is 2. The molecular weight excluding hydrogens is 328 g/mol. The van der Waals surface area contributed by atoms with Gasteiger partial charge in [0.05, 0.1) is 5.75 Å². The fourth-order valence-electron chi connectivity index (χ4n) is 2.64. The molecule has 0 saturated carbocycles. The van der Waals surface area contributed by atoms with Crippen LogP contribution in [0.5, 0.6) is 11.5 Å². The van der Waals surface area contributed by atoms with Crippen LogP contribution < -0.4 is 14.8 Å². The molecule has 1 aromatic rings. The highest BCUT2D eigenvalue weighted by Gasteiger charge is 2.34. The van der Waals surface area contributed by atoms with E-state index in [0.717, 1.165) is 11.3 Å². The summed E-state index contributed by atoms with van der Waals surface area (Å²) in [4.78, 5) is 25.9. The molecule has 2 aliphatic rings. The van der Waals surface area contributed by atoms with Gasteiger partial charge in [0.15, 0.2) is 11.5 Å². The van der Waals surface area contributed by atoms with Gasteiger partial charge in [0.1, 0.15) is 25.1 Å². The van der Waals surface area contributed by atoms with Crippen LogP contribution in [0.1, 0.15) is 24.8 Å². The Hall–Kier alpha value is -1.89. The fraction of sp³-hybridized carbons (Fsp3) is 0.529. The van der Waals surface area contributed by atoms with Crippen molar-refractivity contribution in [3.05, 3.63) is 23.8 Å². The summed E-state index contributed by atoms with van der Waals surface area (Å²) >= 11 is 1.53. The zero-order valence-corrected chi connectivity index (χ0v) is 14.7. The second-order valence-corrected chi connectivity index (χ2v) is 7.35. The summed E-state index contributed by atoms with van der Waals surface area (Å²) in [5, 5.41) is 2.70. The van der Waals surface area contributed by atoms with Gasteiger partial charge in [-0.2, -0.15) is 0 Å². The van der Waals surface area contributed by atoms with Crippen LogP contribution in [-0.2, 0) is 9.59 Å². The minimum absolute atomic E-state index is 0.0143. The van der Waals surface area contributed by atoms with Crippen molar-refractivity contribution in [3.63, 3.8) is 0 Å². The summed E-state index contributed by atoms with van der Waals surface area (Å²) in [6.07, 6.45) is 0. The molecule has 3 rings (SSSR count). The first-order valence-corrected chi connectivity index (χ1v) is 9.17. The summed E-state index contributed by atoms with van der Waals surface area (Å²) < 4.78 is 11.1. The average Bonchev–Trinajstić information content (AvgIpc) is 2.93. The highest BCUT2D eigenvalue weighted by molar-refractivity contribution is 8.00. The number of hydrogen-bond acceptors (Lipinski definition) is 5. The number of amides is 2. The minimum atomic E-state index is -0.168. The third kappa shape index (κ3) is 3.77. The zero-order valence-electron chi connectivity index (χ0n) is 13.9. The monoisotopic (exact) mass is 350 g/mol. The number of nitrogens with zero attached hydrogens (tertiary/aromatic N) is 1. The fourth-order valence-corrected chi connectivity index (χ4v) is 3.82. The van der Waals surface area contributed by atoms with Crippen molar-refractivity contribution < 1.29 is 19.1 Å². The average molecular weight is 350 g/mol. The topological polar surface area (TPSA) is 67.9 Å². The number of benzene rings is 1. The van der Waals surface area contributed by atoms with E-state index in [0.29, 0.717) is 37.2 Å². The van der Waals surface area contributed by atoms with Crippen molar-refractivity contribution in [2.75, 3.05) is 32.1 Å². The third-order valence-electron chi connectivity index (χ3n) is 3.84. The largest absolute Gasteiger partial charge is 0.486 e. The van der Waals surface area contributed by atoms with E-state index in [1.165, 1.54) is 11.8 Å². The first kappa shape index (κ1) is 17.0. The number of fused-ring (bicyclic) bond motifs is 1. The molecule has 1 atom stereocenters. The molecule has 1 saturated heterocycles. The molecule has 24 heavy (non-hydrogen) atoms. The van der Waals surface area contributed by atoms with Gasteiger partial charge < -0.3 is 19.7 Å². The minimum Gasteiger partial charge on any atom is -0.486 e. The lowest BCUT2D eigenvalue weighted by atomic mass is 10.1. The van der Waals surface area contributed by atoms with E-state index in [9.17, 15) is 9.59 Å². The van der Waals surface area contributed by atoms with Crippen molar-refractivity contribution in [1.82, 2.24) is 10.2 Å². The first-order chi connectivity index (χ1) is 11.5. The number of ether oxygens (including phenoxy) is 2. The maximum absolute atomic E-state index is 12.2. The molecular formula is C17H22N2O4S. The molecule has 1 N–H and O–H groups in total. The van der Waals surface area contributed by atoms with Gasteiger partial charge in [0.25, 0.3) is 0 Å². The lowest BCUT2D eigenvalue weighted by molar-refractivity contribution is -0.133. The summed E-state index contributed by atoms with van der Waals surface area (Å²) in [5.41, 5.74) is 0.951. The van der Waals surface area contributed by atoms with Crippen LogP contribution in [-0.4, -0.2) is 48.8 Å². The van der Waals surface area contributed by atoms with Gasteiger partial charge in [0, 0.05) is 6.54 Å². The number of thioether (sulfide) groups is 1. The Bertz CT molecular complexity index is 635. The second-order valence-electron chi connectivity index (χ2n) is 6.29. The van der Waals surface area contributed by atoms with Gasteiger partial charge in [-0.3, -0.25) is 9.59 Å². The number of hydrogen-bond donors (Lipinski definition) is 1. The smallest absolute Gasteiger partial charge is 0.239 e. The molecule has 1 unspecified atom stereocenters. The lowest BCUT2D eigenvalue weighted by Gasteiger charge is -2.25. The lowest BCUT2D eigenvalue weighted by Crippen LogP contribution is -2.40. The third-order valence-corrected chi connectivity index (χ3v) is 5.10. The summed E-state index contributed by atoms with van der Waals surface area (Å²) in [6, 6.07) is 5.71. The van der Waals surface area contributed by atoms with Crippen LogP contribution in [0, 0.1) is 5.92 Å². The molecule has 130 valence electrons. The van der Waals surface area contributed by atoms with Gasteiger partial charge in [-0.15, -0.1) is 11.8 Å². The Kier molecular flexibility index (Phi) is 5.18. The van der Waals surface area contributed by atoms with E-state index in [1.807, 2.05) is 32.0 Å².